The minimum absolute atomic E-state index is 0.195. The monoisotopic (exact) mass is 489 g/mol. The molecule has 1 aliphatic heterocycles. The van der Waals surface area contributed by atoms with Gasteiger partial charge in [0.05, 0.1) is 16.8 Å². The minimum Gasteiger partial charge on any atom is -0.486 e. The lowest BCUT2D eigenvalue weighted by atomic mass is 9.88. The molecule has 4 aromatic rings. The number of aromatic nitrogens is 2. The van der Waals surface area contributed by atoms with Crippen LogP contribution in [0.25, 0.3) is 5.65 Å². The predicted molar refractivity (Wildman–Crippen MR) is 130 cm³/mol. The summed E-state index contributed by atoms with van der Waals surface area (Å²) < 4.78 is 35.5. The molecule has 0 atom stereocenters. The summed E-state index contributed by atoms with van der Waals surface area (Å²) in [6, 6.07) is 13.9. The van der Waals surface area contributed by atoms with Gasteiger partial charge >= 0.3 is 0 Å². The van der Waals surface area contributed by atoms with Gasteiger partial charge in [-0.15, -0.1) is 0 Å². The molecular formula is C28H25F2N3O3. The van der Waals surface area contributed by atoms with Crippen LogP contribution in [0.4, 0.5) is 8.78 Å². The highest BCUT2D eigenvalue weighted by Crippen LogP contribution is 2.27. The van der Waals surface area contributed by atoms with E-state index in [0.29, 0.717) is 37.2 Å². The van der Waals surface area contributed by atoms with Gasteiger partial charge in [-0.2, -0.15) is 0 Å². The standard InChI is InChI=1S/C28H25F2N3O3/c1-18-5-4-12-33-16-21(31-27(18)33)17-36-25-7-3-2-6-22(25)28(35)32-13-10-19(11-14-32)26(34)23-15-20(29)8-9-24(23)30/h2-9,12,15-16,19H,10-11,13-14,17H2,1H3. The van der Waals surface area contributed by atoms with Crippen molar-refractivity contribution in [3.05, 3.63) is 101 Å². The molecule has 1 fully saturated rings. The van der Waals surface area contributed by atoms with E-state index in [9.17, 15) is 18.4 Å². The third-order valence-corrected chi connectivity index (χ3v) is 6.57. The Bertz CT molecular complexity index is 1440. The van der Waals surface area contributed by atoms with Crippen molar-refractivity contribution in [3.63, 3.8) is 0 Å². The SMILES string of the molecule is Cc1cccn2cc(COc3ccccc3C(=O)N3CCC(C(=O)c4cc(F)ccc4F)CC3)nc12. The van der Waals surface area contributed by atoms with Crippen molar-refractivity contribution in [1.29, 1.82) is 0 Å². The number of benzene rings is 2. The highest BCUT2D eigenvalue weighted by molar-refractivity contribution is 5.99. The van der Waals surface area contributed by atoms with Crippen LogP contribution in [0.15, 0.2) is 67.0 Å². The summed E-state index contributed by atoms with van der Waals surface area (Å²) in [5, 5.41) is 0. The number of imidazole rings is 1. The molecule has 1 aliphatic rings. The summed E-state index contributed by atoms with van der Waals surface area (Å²) in [5.41, 5.74) is 2.85. The number of para-hydroxylation sites is 1. The second kappa shape index (κ2) is 9.89. The number of likely N-dealkylation sites (tertiary alicyclic amines) is 1. The lowest BCUT2D eigenvalue weighted by molar-refractivity contribution is 0.0645. The van der Waals surface area contributed by atoms with Gasteiger partial charge in [0.2, 0.25) is 0 Å². The summed E-state index contributed by atoms with van der Waals surface area (Å²) in [6.07, 6.45) is 4.58. The molecule has 8 heteroatoms. The van der Waals surface area contributed by atoms with Crippen LogP contribution in [0.3, 0.4) is 0 Å². The van der Waals surface area contributed by atoms with Crippen molar-refractivity contribution in [2.45, 2.75) is 26.4 Å². The third-order valence-electron chi connectivity index (χ3n) is 6.57. The molecule has 0 bridgehead atoms. The zero-order chi connectivity index (χ0) is 25.2. The molecule has 0 spiro atoms. The smallest absolute Gasteiger partial charge is 0.257 e. The van der Waals surface area contributed by atoms with E-state index in [1.54, 1.807) is 29.2 Å². The van der Waals surface area contributed by atoms with E-state index in [4.69, 9.17) is 4.74 Å². The number of rotatable bonds is 6. The molecule has 184 valence electrons. The highest BCUT2D eigenvalue weighted by atomic mass is 19.1. The van der Waals surface area contributed by atoms with E-state index in [1.807, 2.05) is 35.9 Å². The molecule has 1 saturated heterocycles. The molecule has 0 unspecified atom stereocenters. The van der Waals surface area contributed by atoms with E-state index < -0.39 is 23.3 Å². The molecule has 0 N–H and O–H groups in total. The maximum atomic E-state index is 14.0. The predicted octanol–water partition coefficient (Wildman–Crippen LogP) is 5.24. The number of pyridine rings is 1. The van der Waals surface area contributed by atoms with Crippen LogP contribution in [0.1, 0.15) is 44.8 Å². The van der Waals surface area contributed by atoms with Gasteiger partial charge in [0.25, 0.3) is 5.91 Å². The first-order chi connectivity index (χ1) is 17.4. The number of ether oxygens (including phenoxy) is 1. The van der Waals surface area contributed by atoms with E-state index >= 15 is 0 Å². The van der Waals surface area contributed by atoms with Gasteiger partial charge in [-0.1, -0.05) is 18.2 Å². The van der Waals surface area contributed by atoms with Gasteiger partial charge < -0.3 is 14.0 Å². The third kappa shape index (κ3) is 4.71. The molecule has 1 amide bonds. The number of amides is 1. The second-order valence-corrected chi connectivity index (χ2v) is 8.99. The highest BCUT2D eigenvalue weighted by Gasteiger charge is 2.30. The lowest BCUT2D eigenvalue weighted by Crippen LogP contribution is -2.40. The summed E-state index contributed by atoms with van der Waals surface area (Å²) in [4.78, 5) is 32.3. The fourth-order valence-corrected chi connectivity index (χ4v) is 4.62. The molecule has 0 saturated carbocycles. The first-order valence-corrected chi connectivity index (χ1v) is 11.8. The van der Waals surface area contributed by atoms with Crippen molar-refractivity contribution < 1.29 is 23.1 Å². The van der Waals surface area contributed by atoms with Gasteiger partial charge in [0.15, 0.2) is 5.78 Å². The fourth-order valence-electron chi connectivity index (χ4n) is 4.62. The zero-order valence-corrected chi connectivity index (χ0v) is 19.8. The molecule has 5 rings (SSSR count). The Morgan fingerprint density at radius 3 is 2.58 bits per heavy atom. The number of hydrogen-bond acceptors (Lipinski definition) is 4. The molecule has 2 aromatic heterocycles. The molecule has 2 aromatic carbocycles. The van der Waals surface area contributed by atoms with Gasteiger partial charge in [-0.05, 0) is 61.7 Å². The van der Waals surface area contributed by atoms with Gasteiger partial charge in [-0.3, -0.25) is 9.59 Å². The van der Waals surface area contributed by atoms with Crippen LogP contribution in [0, 0.1) is 24.5 Å². The molecule has 0 radical (unpaired) electrons. The normalized spacial score (nSPS) is 14.2. The van der Waals surface area contributed by atoms with Crippen LogP contribution >= 0.6 is 0 Å². The van der Waals surface area contributed by atoms with Crippen molar-refractivity contribution >= 4 is 17.3 Å². The topological polar surface area (TPSA) is 63.9 Å². The number of halogens is 2. The maximum absolute atomic E-state index is 14.0. The van der Waals surface area contributed by atoms with Crippen LogP contribution in [-0.4, -0.2) is 39.1 Å². The lowest BCUT2D eigenvalue weighted by Gasteiger charge is -2.31. The van der Waals surface area contributed by atoms with Crippen LogP contribution in [-0.2, 0) is 6.61 Å². The van der Waals surface area contributed by atoms with E-state index in [0.717, 1.165) is 35.1 Å². The maximum Gasteiger partial charge on any atom is 0.257 e. The molecule has 36 heavy (non-hydrogen) atoms. The number of nitrogens with zero attached hydrogens (tertiary/aromatic N) is 3. The van der Waals surface area contributed by atoms with Crippen molar-refractivity contribution in [2.24, 2.45) is 5.92 Å². The number of piperidine rings is 1. The van der Waals surface area contributed by atoms with Crippen molar-refractivity contribution in [3.8, 4) is 5.75 Å². The second-order valence-electron chi connectivity index (χ2n) is 8.99. The Kier molecular flexibility index (Phi) is 6.50. The Morgan fingerprint density at radius 1 is 1.03 bits per heavy atom. The molecular weight excluding hydrogens is 464 g/mol. The number of aryl methyl sites for hydroxylation is 1. The first-order valence-electron chi connectivity index (χ1n) is 11.8. The first kappa shape index (κ1) is 23.7. The van der Waals surface area contributed by atoms with E-state index in [-0.39, 0.29) is 18.1 Å². The van der Waals surface area contributed by atoms with Crippen LogP contribution in [0.5, 0.6) is 5.75 Å². The number of ketones is 1. The summed E-state index contributed by atoms with van der Waals surface area (Å²) in [7, 11) is 0. The van der Waals surface area contributed by atoms with E-state index in [1.165, 1.54) is 0 Å². The summed E-state index contributed by atoms with van der Waals surface area (Å²) >= 11 is 0. The van der Waals surface area contributed by atoms with Crippen molar-refractivity contribution in [2.75, 3.05) is 13.1 Å². The van der Waals surface area contributed by atoms with Crippen LogP contribution < -0.4 is 4.74 Å². The van der Waals surface area contributed by atoms with Crippen LogP contribution in [0.2, 0.25) is 0 Å². The Hall–Kier alpha value is -4.07. The molecule has 3 heterocycles. The number of hydrogen-bond donors (Lipinski definition) is 0. The average molecular weight is 490 g/mol. The zero-order valence-electron chi connectivity index (χ0n) is 19.8. The molecule has 6 nitrogen and oxygen atoms in total. The Morgan fingerprint density at radius 2 is 1.81 bits per heavy atom. The largest absolute Gasteiger partial charge is 0.486 e. The number of Topliss-reactive ketones (excluding diaryl/α,β-unsaturated/α-hetero) is 1. The van der Waals surface area contributed by atoms with Gasteiger partial charge in [0.1, 0.15) is 29.6 Å². The number of carbonyl (C=O) groups is 2. The molecule has 0 aliphatic carbocycles. The van der Waals surface area contributed by atoms with E-state index in [2.05, 4.69) is 4.98 Å². The Balaban J connectivity index is 1.25. The summed E-state index contributed by atoms with van der Waals surface area (Å²) in [5.74, 6) is -2.01. The fraction of sp³-hybridized carbons (Fsp3) is 0.250. The van der Waals surface area contributed by atoms with Gasteiger partial charge in [0, 0.05) is 31.4 Å². The minimum atomic E-state index is -0.730. The Labute approximate surface area is 207 Å². The van der Waals surface area contributed by atoms with Gasteiger partial charge in [-0.25, -0.2) is 13.8 Å². The van der Waals surface area contributed by atoms with Crippen molar-refractivity contribution in [1.82, 2.24) is 14.3 Å². The summed E-state index contributed by atoms with van der Waals surface area (Å²) in [6.45, 7) is 2.88. The quantitative estimate of drug-likeness (QED) is 0.348. The average Bonchev–Trinajstić information content (AvgIpc) is 3.33. The number of carbonyl (C=O) groups excluding carboxylic acids is 2. The number of fused-ring (bicyclic) bond motifs is 1.